The zero-order valence-corrected chi connectivity index (χ0v) is 20.6. The van der Waals surface area contributed by atoms with Crippen LogP contribution in [0.25, 0.3) is 28.0 Å². The zero-order chi connectivity index (χ0) is 25.6. The standard InChI is InChI=1S/C26H24FN5O3S/c1-31(14-24(28)33)25(34)17-5-7-19-22(10-17)32(13-23(19)36(2)35)26-29-11-18(12-30-26)20-9-16(15-3-4-15)6-8-21(20)27/h5-13,15H,3-4,14H2,1-2H3,(H2,28,33). The molecule has 4 aromatic rings. The van der Waals surface area contributed by atoms with E-state index in [0.717, 1.165) is 18.4 Å². The van der Waals surface area contributed by atoms with E-state index in [1.165, 1.54) is 18.0 Å². The number of carbonyl (C=O) groups excluding carboxylic acids is 2. The fourth-order valence-corrected chi connectivity index (χ4v) is 5.00. The van der Waals surface area contributed by atoms with E-state index in [-0.39, 0.29) is 24.2 Å². The van der Waals surface area contributed by atoms with Crippen molar-refractivity contribution in [3.63, 3.8) is 0 Å². The van der Waals surface area contributed by atoms with Crippen LogP contribution in [0.5, 0.6) is 0 Å². The number of benzene rings is 2. The number of nitrogens with zero attached hydrogens (tertiary/aromatic N) is 4. The molecule has 2 aromatic carbocycles. The average Bonchev–Trinajstić information content (AvgIpc) is 3.63. The maximum absolute atomic E-state index is 14.6. The van der Waals surface area contributed by atoms with Crippen molar-refractivity contribution in [2.24, 2.45) is 5.73 Å². The quantitative estimate of drug-likeness (QED) is 0.414. The molecule has 2 N–H and O–H groups in total. The number of hydrogen-bond acceptors (Lipinski definition) is 5. The maximum atomic E-state index is 14.6. The monoisotopic (exact) mass is 505 g/mol. The summed E-state index contributed by atoms with van der Waals surface area (Å²) >= 11 is 0. The highest BCUT2D eigenvalue weighted by Gasteiger charge is 2.24. The maximum Gasteiger partial charge on any atom is 0.254 e. The SMILES string of the molecule is CN(CC(N)=O)C(=O)c1ccc2c(S(C)=O)cn(-c3ncc(-c4cc(C5CC5)ccc4F)cn3)c2c1. The lowest BCUT2D eigenvalue weighted by atomic mass is 10.0. The van der Waals surface area contributed by atoms with Crippen molar-refractivity contribution in [1.82, 2.24) is 19.4 Å². The van der Waals surface area contributed by atoms with Crippen LogP contribution < -0.4 is 5.73 Å². The van der Waals surface area contributed by atoms with E-state index in [2.05, 4.69) is 9.97 Å². The van der Waals surface area contributed by atoms with Gasteiger partial charge in [-0.05, 0) is 48.6 Å². The molecule has 1 saturated carbocycles. The third-order valence-corrected chi connectivity index (χ3v) is 7.21. The van der Waals surface area contributed by atoms with Gasteiger partial charge in [0.2, 0.25) is 11.9 Å². The molecule has 1 atom stereocenters. The van der Waals surface area contributed by atoms with Crippen molar-refractivity contribution in [3.8, 4) is 17.1 Å². The lowest BCUT2D eigenvalue weighted by Crippen LogP contribution is -2.35. The van der Waals surface area contributed by atoms with Crippen molar-refractivity contribution < 1.29 is 18.2 Å². The first-order chi connectivity index (χ1) is 17.2. The molecule has 1 aliphatic rings. The van der Waals surface area contributed by atoms with Gasteiger partial charge in [0.15, 0.2) is 0 Å². The minimum absolute atomic E-state index is 0.217. The van der Waals surface area contributed by atoms with E-state index in [0.29, 0.717) is 38.4 Å². The molecule has 1 fully saturated rings. The van der Waals surface area contributed by atoms with Gasteiger partial charge in [-0.3, -0.25) is 18.4 Å². The van der Waals surface area contributed by atoms with E-state index in [1.54, 1.807) is 47.6 Å². The minimum Gasteiger partial charge on any atom is -0.368 e. The van der Waals surface area contributed by atoms with Crippen LogP contribution in [0.1, 0.15) is 34.7 Å². The van der Waals surface area contributed by atoms with Crippen LogP contribution >= 0.6 is 0 Å². The number of nitrogens with two attached hydrogens (primary N) is 1. The van der Waals surface area contributed by atoms with Crippen molar-refractivity contribution in [1.29, 1.82) is 0 Å². The summed E-state index contributed by atoms with van der Waals surface area (Å²) in [6.07, 6.45) is 8.59. The summed E-state index contributed by atoms with van der Waals surface area (Å²) in [5.41, 5.74) is 8.23. The van der Waals surface area contributed by atoms with Crippen LogP contribution in [0.2, 0.25) is 0 Å². The van der Waals surface area contributed by atoms with E-state index >= 15 is 0 Å². The van der Waals surface area contributed by atoms with Crippen LogP contribution in [0, 0.1) is 5.82 Å². The highest BCUT2D eigenvalue weighted by molar-refractivity contribution is 7.84. The molecule has 10 heteroatoms. The van der Waals surface area contributed by atoms with Gasteiger partial charge < -0.3 is 10.6 Å². The molecular formula is C26H24FN5O3S. The summed E-state index contributed by atoms with van der Waals surface area (Å²) in [6.45, 7) is -0.217. The lowest BCUT2D eigenvalue weighted by molar-refractivity contribution is -0.118. The van der Waals surface area contributed by atoms with Crippen molar-refractivity contribution in [2.45, 2.75) is 23.7 Å². The number of primary amides is 1. The number of rotatable bonds is 7. The van der Waals surface area contributed by atoms with Crippen molar-refractivity contribution >= 4 is 33.5 Å². The van der Waals surface area contributed by atoms with E-state index in [9.17, 15) is 18.2 Å². The Balaban J connectivity index is 1.55. The first-order valence-corrected chi connectivity index (χ1v) is 12.9. The number of aromatic nitrogens is 3. The summed E-state index contributed by atoms with van der Waals surface area (Å²) in [5, 5.41) is 0.681. The molecule has 2 amide bonds. The largest absolute Gasteiger partial charge is 0.368 e. The summed E-state index contributed by atoms with van der Waals surface area (Å²) in [7, 11) is 0.177. The Kier molecular flexibility index (Phi) is 6.13. The number of amides is 2. The Bertz CT molecular complexity index is 1530. The fourth-order valence-electron chi connectivity index (χ4n) is 4.27. The highest BCUT2D eigenvalue weighted by Crippen LogP contribution is 2.41. The third-order valence-electron chi connectivity index (χ3n) is 6.27. The van der Waals surface area contributed by atoms with Gasteiger partial charge in [0.25, 0.3) is 5.91 Å². The molecule has 1 unspecified atom stereocenters. The summed E-state index contributed by atoms with van der Waals surface area (Å²) in [6, 6.07) is 10.1. The second kappa shape index (κ2) is 9.27. The molecule has 0 bridgehead atoms. The number of carbonyl (C=O) groups is 2. The molecule has 5 rings (SSSR count). The minimum atomic E-state index is -1.31. The Labute approximate surface area is 209 Å². The van der Waals surface area contributed by atoms with Gasteiger partial charge in [-0.2, -0.15) is 0 Å². The number of halogens is 1. The number of fused-ring (bicyclic) bond motifs is 1. The second-order valence-corrected chi connectivity index (χ2v) is 10.3. The predicted octanol–water partition coefficient (Wildman–Crippen LogP) is 3.40. The Morgan fingerprint density at radius 1 is 1.17 bits per heavy atom. The van der Waals surface area contributed by atoms with E-state index < -0.39 is 16.7 Å². The Morgan fingerprint density at radius 3 is 2.53 bits per heavy atom. The van der Waals surface area contributed by atoms with E-state index in [4.69, 9.17) is 5.73 Å². The van der Waals surface area contributed by atoms with Crippen LogP contribution in [0.15, 0.2) is 59.9 Å². The van der Waals surface area contributed by atoms with Crippen LogP contribution in [0.3, 0.4) is 0 Å². The van der Waals surface area contributed by atoms with Gasteiger partial charge in [0.05, 0.1) is 27.8 Å². The number of hydrogen-bond donors (Lipinski definition) is 1. The van der Waals surface area contributed by atoms with Gasteiger partial charge in [-0.25, -0.2) is 14.4 Å². The fraction of sp³-hybridized carbons (Fsp3) is 0.231. The van der Waals surface area contributed by atoms with Gasteiger partial charge in [0.1, 0.15) is 5.82 Å². The molecule has 8 nitrogen and oxygen atoms in total. The van der Waals surface area contributed by atoms with Crippen molar-refractivity contribution in [3.05, 3.63) is 71.9 Å². The number of likely N-dealkylation sites (N-methyl/N-ethyl adjacent to an activating group) is 1. The van der Waals surface area contributed by atoms with Crippen molar-refractivity contribution in [2.75, 3.05) is 19.8 Å². The predicted molar refractivity (Wildman–Crippen MR) is 135 cm³/mol. The summed E-state index contributed by atoms with van der Waals surface area (Å²) in [5.74, 6) is -0.567. The topological polar surface area (TPSA) is 111 Å². The van der Waals surface area contributed by atoms with E-state index in [1.807, 2.05) is 12.1 Å². The molecule has 2 aromatic heterocycles. The summed E-state index contributed by atoms with van der Waals surface area (Å²) in [4.78, 5) is 34.7. The van der Waals surface area contributed by atoms with Crippen LogP contribution in [0.4, 0.5) is 4.39 Å². The molecule has 1 aliphatic carbocycles. The Morgan fingerprint density at radius 2 is 1.89 bits per heavy atom. The lowest BCUT2D eigenvalue weighted by Gasteiger charge is -2.15. The zero-order valence-electron chi connectivity index (χ0n) is 19.8. The second-order valence-electron chi connectivity index (χ2n) is 8.96. The Hall–Kier alpha value is -3.92. The molecule has 0 aliphatic heterocycles. The molecule has 0 spiro atoms. The summed E-state index contributed by atoms with van der Waals surface area (Å²) < 4.78 is 28.6. The van der Waals surface area contributed by atoms with Gasteiger partial charge in [0, 0.05) is 54.0 Å². The molecule has 0 saturated heterocycles. The molecule has 184 valence electrons. The van der Waals surface area contributed by atoms with Gasteiger partial charge >= 0.3 is 0 Å². The molecule has 0 radical (unpaired) electrons. The van der Waals surface area contributed by atoms with Crippen LogP contribution in [-0.2, 0) is 15.6 Å². The molecule has 2 heterocycles. The molecule has 36 heavy (non-hydrogen) atoms. The van der Waals surface area contributed by atoms with Crippen LogP contribution in [-0.4, -0.2) is 55.3 Å². The smallest absolute Gasteiger partial charge is 0.254 e. The van der Waals surface area contributed by atoms with Gasteiger partial charge in [-0.1, -0.05) is 12.1 Å². The third kappa shape index (κ3) is 4.51. The normalized spacial score (nSPS) is 14.1. The average molecular weight is 506 g/mol. The first-order valence-electron chi connectivity index (χ1n) is 11.4. The highest BCUT2D eigenvalue weighted by atomic mass is 32.2. The molecular weight excluding hydrogens is 481 g/mol. The first kappa shape index (κ1) is 23.8. The van der Waals surface area contributed by atoms with Gasteiger partial charge in [-0.15, -0.1) is 0 Å².